The van der Waals surface area contributed by atoms with Gasteiger partial charge in [-0.1, -0.05) is 224 Å². The van der Waals surface area contributed by atoms with Crippen molar-refractivity contribution in [2.45, 2.75) is 0 Å². The molecule has 0 unspecified atom stereocenters. The van der Waals surface area contributed by atoms with Crippen LogP contribution < -0.4 is 4.90 Å². The Bertz CT molecular complexity index is 3320. The summed E-state index contributed by atoms with van der Waals surface area (Å²) in [6.45, 7) is 0. The monoisotopic (exact) mass is 801 g/mol. The van der Waals surface area contributed by atoms with Gasteiger partial charge in [-0.15, -0.1) is 0 Å². The smallest absolute Gasteiger partial charge is 0.0468 e. The standard InChI is InChI=1S/C62H43N/c1-6-19-44(20-7-1)45-33-37-51(38-34-45)63(53-41-42-54(46-21-8-2-9-22-46)59(43-53)47-23-10-3-11-24-47)52-39-35-48(36-40-52)55-31-18-32-58-56-29-16-17-30-57(56)60(49-25-12-4-13-26-49)61(62(55)58)50-27-14-5-15-28-50/h1-43H. The van der Waals surface area contributed by atoms with Crippen molar-refractivity contribution in [1.29, 1.82) is 0 Å². The molecule has 11 aromatic carbocycles. The van der Waals surface area contributed by atoms with Gasteiger partial charge in [-0.05, 0) is 125 Å². The zero-order valence-electron chi connectivity index (χ0n) is 34.8. The zero-order chi connectivity index (χ0) is 42.0. The van der Waals surface area contributed by atoms with E-state index in [-0.39, 0.29) is 0 Å². The quantitative estimate of drug-likeness (QED) is 0.131. The lowest BCUT2D eigenvalue weighted by Crippen LogP contribution is -2.10. The summed E-state index contributed by atoms with van der Waals surface area (Å²) in [5, 5.41) is 5.01. The number of anilines is 3. The third-order valence-corrected chi connectivity index (χ3v) is 12.3. The average Bonchev–Trinajstić information content (AvgIpc) is 3.37. The van der Waals surface area contributed by atoms with Crippen LogP contribution in [0.5, 0.6) is 0 Å². The van der Waals surface area contributed by atoms with Crippen LogP contribution in [0, 0.1) is 0 Å². The predicted octanol–water partition coefficient (Wildman–Crippen LogP) is 17.5. The first-order valence-corrected chi connectivity index (χ1v) is 21.7. The van der Waals surface area contributed by atoms with E-state index in [9.17, 15) is 0 Å². The second-order valence-electron chi connectivity index (χ2n) is 16.0. The van der Waals surface area contributed by atoms with E-state index in [0.29, 0.717) is 0 Å². The maximum Gasteiger partial charge on any atom is 0.0468 e. The molecule has 0 spiro atoms. The van der Waals surface area contributed by atoms with Crippen LogP contribution in [-0.2, 0) is 0 Å². The van der Waals surface area contributed by atoms with E-state index in [4.69, 9.17) is 0 Å². The number of rotatable bonds is 9. The third-order valence-electron chi connectivity index (χ3n) is 12.3. The molecule has 0 atom stereocenters. The van der Waals surface area contributed by atoms with Crippen molar-refractivity contribution in [3.05, 3.63) is 261 Å². The van der Waals surface area contributed by atoms with Gasteiger partial charge in [-0.2, -0.15) is 0 Å². The number of benzene rings is 11. The van der Waals surface area contributed by atoms with Crippen molar-refractivity contribution < 1.29 is 0 Å². The molecule has 0 aliphatic heterocycles. The van der Waals surface area contributed by atoms with Gasteiger partial charge in [0.2, 0.25) is 0 Å². The molecule has 0 aromatic heterocycles. The molecule has 0 aliphatic carbocycles. The molecule has 0 heterocycles. The molecular weight excluding hydrogens is 759 g/mol. The summed E-state index contributed by atoms with van der Waals surface area (Å²) in [4.78, 5) is 2.39. The van der Waals surface area contributed by atoms with E-state index in [1.54, 1.807) is 0 Å². The maximum absolute atomic E-state index is 2.39. The highest BCUT2D eigenvalue weighted by Gasteiger charge is 2.21. The Morgan fingerprint density at radius 3 is 1.17 bits per heavy atom. The molecule has 0 bridgehead atoms. The molecule has 0 fully saturated rings. The Morgan fingerprint density at radius 1 is 0.206 bits per heavy atom. The highest BCUT2D eigenvalue weighted by atomic mass is 15.1. The van der Waals surface area contributed by atoms with Crippen molar-refractivity contribution in [2.24, 2.45) is 0 Å². The first kappa shape index (κ1) is 37.7. The maximum atomic E-state index is 2.39. The SMILES string of the molecule is c1ccc(-c2ccc(N(c3ccc(-c4cccc5c4c(-c4ccccc4)c(-c4ccccc4)c4ccccc45)cc3)c3ccc(-c4ccccc4)c(-c4ccccc4)c3)cc2)cc1. The fourth-order valence-electron chi connectivity index (χ4n) is 9.35. The lowest BCUT2D eigenvalue weighted by atomic mass is 9.82. The van der Waals surface area contributed by atoms with E-state index in [2.05, 4.69) is 266 Å². The molecule has 0 radical (unpaired) electrons. The van der Waals surface area contributed by atoms with Gasteiger partial charge in [-0.25, -0.2) is 0 Å². The van der Waals surface area contributed by atoms with Crippen LogP contribution in [0.4, 0.5) is 17.1 Å². The van der Waals surface area contributed by atoms with E-state index in [1.165, 1.54) is 88.3 Å². The highest BCUT2D eigenvalue weighted by Crippen LogP contribution is 2.48. The molecule has 0 saturated heterocycles. The van der Waals surface area contributed by atoms with Gasteiger partial charge >= 0.3 is 0 Å². The van der Waals surface area contributed by atoms with Gasteiger partial charge in [0.25, 0.3) is 0 Å². The molecule has 0 saturated carbocycles. The summed E-state index contributed by atoms with van der Waals surface area (Å²) in [5.41, 5.74) is 17.7. The van der Waals surface area contributed by atoms with Crippen LogP contribution in [0.1, 0.15) is 0 Å². The second-order valence-corrected chi connectivity index (χ2v) is 16.0. The van der Waals surface area contributed by atoms with E-state index in [0.717, 1.165) is 17.1 Å². The van der Waals surface area contributed by atoms with Crippen molar-refractivity contribution in [2.75, 3.05) is 4.90 Å². The van der Waals surface area contributed by atoms with Crippen molar-refractivity contribution in [1.82, 2.24) is 0 Å². The van der Waals surface area contributed by atoms with E-state index >= 15 is 0 Å². The van der Waals surface area contributed by atoms with E-state index in [1.807, 2.05) is 0 Å². The topological polar surface area (TPSA) is 3.24 Å². The van der Waals surface area contributed by atoms with Crippen molar-refractivity contribution >= 4 is 38.6 Å². The largest absolute Gasteiger partial charge is 0.310 e. The van der Waals surface area contributed by atoms with Gasteiger partial charge in [0, 0.05) is 17.1 Å². The summed E-state index contributed by atoms with van der Waals surface area (Å²) < 4.78 is 0. The third kappa shape index (κ3) is 7.16. The molecule has 296 valence electrons. The average molecular weight is 802 g/mol. The number of fused-ring (bicyclic) bond motifs is 3. The summed E-state index contributed by atoms with van der Waals surface area (Å²) >= 11 is 0. The van der Waals surface area contributed by atoms with Crippen LogP contribution in [0.25, 0.3) is 88.3 Å². The van der Waals surface area contributed by atoms with Crippen molar-refractivity contribution in [3.63, 3.8) is 0 Å². The zero-order valence-corrected chi connectivity index (χ0v) is 34.8. The Kier molecular flexibility index (Phi) is 9.97. The molecule has 11 aromatic rings. The van der Waals surface area contributed by atoms with Gasteiger partial charge in [0.05, 0.1) is 0 Å². The van der Waals surface area contributed by atoms with Gasteiger partial charge in [-0.3, -0.25) is 0 Å². The van der Waals surface area contributed by atoms with Crippen LogP contribution >= 0.6 is 0 Å². The molecule has 0 aliphatic rings. The first-order chi connectivity index (χ1) is 31.3. The van der Waals surface area contributed by atoms with E-state index < -0.39 is 0 Å². The second kappa shape index (κ2) is 16.7. The molecule has 0 amide bonds. The minimum Gasteiger partial charge on any atom is -0.310 e. The van der Waals surface area contributed by atoms with Gasteiger partial charge in [0.15, 0.2) is 0 Å². The first-order valence-electron chi connectivity index (χ1n) is 21.7. The van der Waals surface area contributed by atoms with Crippen LogP contribution in [0.3, 0.4) is 0 Å². The summed E-state index contributed by atoms with van der Waals surface area (Å²) in [6, 6.07) is 94.6. The predicted molar refractivity (Wildman–Crippen MR) is 269 cm³/mol. The van der Waals surface area contributed by atoms with Gasteiger partial charge in [0.1, 0.15) is 0 Å². The summed E-state index contributed by atoms with van der Waals surface area (Å²) in [5.74, 6) is 0. The van der Waals surface area contributed by atoms with Crippen LogP contribution in [0.15, 0.2) is 261 Å². The minimum absolute atomic E-state index is 1.08. The normalized spacial score (nSPS) is 11.2. The van der Waals surface area contributed by atoms with Gasteiger partial charge < -0.3 is 4.90 Å². The number of nitrogens with zero attached hydrogens (tertiary/aromatic N) is 1. The Hall–Kier alpha value is -8.26. The molecule has 1 nitrogen and oxygen atoms in total. The fraction of sp³-hybridized carbons (Fsp3) is 0. The Labute approximate surface area is 369 Å². The lowest BCUT2D eigenvalue weighted by molar-refractivity contribution is 1.28. The Morgan fingerprint density at radius 2 is 0.603 bits per heavy atom. The van der Waals surface area contributed by atoms with Crippen LogP contribution in [-0.4, -0.2) is 0 Å². The lowest BCUT2D eigenvalue weighted by Gasteiger charge is -2.27. The minimum atomic E-state index is 1.08. The Balaban J connectivity index is 1.10. The van der Waals surface area contributed by atoms with Crippen LogP contribution in [0.2, 0.25) is 0 Å². The summed E-state index contributed by atoms with van der Waals surface area (Å²) in [6.07, 6.45) is 0. The number of hydrogen-bond acceptors (Lipinski definition) is 1. The number of hydrogen-bond donors (Lipinski definition) is 0. The highest BCUT2D eigenvalue weighted by molar-refractivity contribution is 6.24. The van der Waals surface area contributed by atoms with Crippen molar-refractivity contribution in [3.8, 4) is 66.8 Å². The summed E-state index contributed by atoms with van der Waals surface area (Å²) in [7, 11) is 0. The molecule has 63 heavy (non-hydrogen) atoms. The molecule has 0 N–H and O–H groups in total. The molecule has 1 heteroatoms. The fourth-order valence-corrected chi connectivity index (χ4v) is 9.35. The molecular formula is C62H43N. The molecule has 11 rings (SSSR count).